The van der Waals surface area contributed by atoms with Crippen molar-refractivity contribution < 1.29 is 14.4 Å². The van der Waals surface area contributed by atoms with E-state index in [0.29, 0.717) is 11.6 Å². The molecule has 4 rings (SSSR count). The number of hydrogen-bond donors (Lipinski definition) is 1. The van der Waals surface area contributed by atoms with E-state index in [0.717, 1.165) is 35.2 Å². The fraction of sp³-hybridized carbons (Fsp3) is 0.333. The molecule has 0 amide bonds. The molecule has 0 spiro atoms. The summed E-state index contributed by atoms with van der Waals surface area (Å²) >= 11 is 1.82. The zero-order valence-corrected chi connectivity index (χ0v) is 15.9. The molecular weight excluding hydrogens is 344 g/mol. The molecule has 0 aliphatic carbocycles. The number of pyridine rings is 1. The number of likely N-dealkylation sites (tertiary alicyclic amines) is 1. The number of methoxy groups -OCH3 is 1. The molecule has 1 aromatic carbocycles. The summed E-state index contributed by atoms with van der Waals surface area (Å²) < 4.78 is 5.08. The van der Waals surface area contributed by atoms with E-state index in [1.807, 2.05) is 42.5 Å². The van der Waals surface area contributed by atoms with Gasteiger partial charge in [0.05, 0.1) is 29.6 Å². The Morgan fingerprint density at radius 2 is 2.15 bits per heavy atom. The van der Waals surface area contributed by atoms with E-state index in [-0.39, 0.29) is 5.97 Å². The highest BCUT2D eigenvalue weighted by atomic mass is 32.1. The summed E-state index contributed by atoms with van der Waals surface area (Å²) in [5.74, 6) is -0.290. The van der Waals surface area contributed by atoms with E-state index in [4.69, 9.17) is 9.72 Å². The van der Waals surface area contributed by atoms with E-state index in [1.165, 1.54) is 29.7 Å². The minimum absolute atomic E-state index is 0.290. The van der Waals surface area contributed by atoms with E-state index in [9.17, 15) is 4.79 Å². The summed E-state index contributed by atoms with van der Waals surface area (Å²) in [4.78, 5) is 20.3. The van der Waals surface area contributed by atoms with Crippen LogP contribution < -0.4 is 4.90 Å². The van der Waals surface area contributed by atoms with Crippen LogP contribution in [0, 0.1) is 6.92 Å². The third kappa shape index (κ3) is 3.02. The molecule has 26 heavy (non-hydrogen) atoms. The highest BCUT2D eigenvalue weighted by molar-refractivity contribution is 7.10. The number of aromatic nitrogens is 1. The highest BCUT2D eigenvalue weighted by Crippen LogP contribution is 2.26. The van der Waals surface area contributed by atoms with Crippen LogP contribution in [0.15, 0.2) is 41.8 Å². The third-order valence-electron chi connectivity index (χ3n) is 5.38. The van der Waals surface area contributed by atoms with Gasteiger partial charge < -0.3 is 9.64 Å². The summed E-state index contributed by atoms with van der Waals surface area (Å²) in [6, 6.07) is 12.8. The summed E-state index contributed by atoms with van der Waals surface area (Å²) in [6.45, 7) is 3.85. The minimum Gasteiger partial charge on any atom is -0.465 e. The SMILES string of the molecule is COC(=O)c1c(C[NH+]2CCC[C@H]2c2cccs2)nc2ccccc2c1C. The largest absolute Gasteiger partial charge is 0.465 e. The van der Waals surface area contributed by atoms with Crippen LogP contribution in [0.2, 0.25) is 0 Å². The van der Waals surface area contributed by atoms with Gasteiger partial charge in [0.2, 0.25) is 0 Å². The average Bonchev–Trinajstić information content (AvgIpc) is 3.33. The first-order valence-electron chi connectivity index (χ1n) is 9.03. The molecule has 2 aromatic heterocycles. The van der Waals surface area contributed by atoms with Crippen LogP contribution in [-0.4, -0.2) is 24.6 Å². The van der Waals surface area contributed by atoms with Crippen molar-refractivity contribution in [1.29, 1.82) is 0 Å². The van der Waals surface area contributed by atoms with Crippen LogP contribution in [-0.2, 0) is 11.3 Å². The number of esters is 1. The van der Waals surface area contributed by atoms with Crippen LogP contribution in [0.1, 0.15) is 45.4 Å². The molecule has 4 nitrogen and oxygen atoms in total. The Morgan fingerprint density at radius 3 is 2.92 bits per heavy atom. The zero-order chi connectivity index (χ0) is 18.1. The number of thiophene rings is 1. The molecule has 1 saturated heterocycles. The van der Waals surface area contributed by atoms with Crippen molar-refractivity contribution in [1.82, 2.24) is 4.98 Å². The molecule has 3 heterocycles. The second-order valence-corrected chi connectivity index (χ2v) is 7.84. The number of para-hydroxylation sites is 1. The molecule has 0 radical (unpaired) electrons. The molecule has 1 aliphatic rings. The predicted molar refractivity (Wildman–Crippen MR) is 104 cm³/mol. The molecule has 3 aromatic rings. The van der Waals surface area contributed by atoms with Gasteiger partial charge in [-0.3, -0.25) is 0 Å². The number of aryl methyl sites for hydroxylation is 1. The lowest BCUT2D eigenvalue weighted by molar-refractivity contribution is -0.932. The van der Waals surface area contributed by atoms with Crippen molar-refractivity contribution in [3.05, 3.63) is 63.5 Å². The summed E-state index contributed by atoms with van der Waals surface area (Å²) in [5, 5.41) is 3.16. The lowest BCUT2D eigenvalue weighted by atomic mass is 10.0. The number of nitrogens with one attached hydrogen (secondary N) is 1. The summed E-state index contributed by atoms with van der Waals surface area (Å²) in [7, 11) is 1.44. The summed E-state index contributed by atoms with van der Waals surface area (Å²) in [5.41, 5.74) is 3.39. The van der Waals surface area contributed by atoms with E-state index < -0.39 is 0 Å². The second kappa shape index (κ2) is 7.17. The topological polar surface area (TPSA) is 43.6 Å². The van der Waals surface area contributed by atoms with Crippen LogP contribution in [0.5, 0.6) is 0 Å². The van der Waals surface area contributed by atoms with Crippen molar-refractivity contribution in [3.63, 3.8) is 0 Å². The van der Waals surface area contributed by atoms with Crippen LogP contribution in [0.25, 0.3) is 10.9 Å². The number of fused-ring (bicyclic) bond motifs is 1. The van der Waals surface area contributed by atoms with Crippen molar-refractivity contribution in [2.45, 2.75) is 32.4 Å². The predicted octanol–water partition coefficient (Wildman–Crippen LogP) is 3.31. The van der Waals surface area contributed by atoms with Crippen molar-refractivity contribution in [3.8, 4) is 0 Å². The average molecular weight is 367 g/mol. The first-order valence-corrected chi connectivity index (χ1v) is 9.91. The van der Waals surface area contributed by atoms with E-state index in [2.05, 4.69) is 17.5 Å². The number of ether oxygens (including phenoxy) is 1. The number of quaternary nitrogens is 1. The van der Waals surface area contributed by atoms with Gasteiger partial charge in [0.1, 0.15) is 18.3 Å². The van der Waals surface area contributed by atoms with Gasteiger partial charge in [-0.1, -0.05) is 24.3 Å². The second-order valence-electron chi connectivity index (χ2n) is 6.86. The van der Waals surface area contributed by atoms with Gasteiger partial charge >= 0.3 is 5.97 Å². The van der Waals surface area contributed by atoms with E-state index in [1.54, 1.807) is 0 Å². The fourth-order valence-corrected chi connectivity index (χ4v) is 5.03. The first kappa shape index (κ1) is 17.2. The standard InChI is InChI=1S/C21H22N2O2S/c1-14-15-7-3-4-8-16(15)22-17(20(14)21(24)25-2)13-23-11-5-9-18(23)19-10-6-12-26-19/h3-4,6-8,10,12,18H,5,9,11,13H2,1-2H3/p+1/t18-/m0/s1. The third-order valence-corrected chi connectivity index (χ3v) is 6.37. The Hall–Kier alpha value is -2.24. The molecule has 134 valence electrons. The number of carbonyl (C=O) groups excluding carboxylic acids is 1. The molecule has 0 bridgehead atoms. The van der Waals surface area contributed by atoms with Gasteiger partial charge in [0.25, 0.3) is 0 Å². The molecule has 0 saturated carbocycles. The maximum absolute atomic E-state index is 12.5. The fourth-order valence-electron chi connectivity index (χ4n) is 4.11. The number of nitrogens with zero attached hydrogens (tertiary/aromatic N) is 1. The number of hydrogen-bond acceptors (Lipinski definition) is 4. The van der Waals surface area contributed by atoms with Gasteiger partial charge in [-0.15, -0.1) is 11.3 Å². The zero-order valence-electron chi connectivity index (χ0n) is 15.1. The molecule has 1 unspecified atom stereocenters. The van der Waals surface area contributed by atoms with Crippen LogP contribution in [0.3, 0.4) is 0 Å². The molecule has 5 heteroatoms. The number of benzene rings is 1. The lowest BCUT2D eigenvalue weighted by Gasteiger charge is -2.22. The maximum atomic E-state index is 12.5. The quantitative estimate of drug-likeness (QED) is 0.720. The minimum atomic E-state index is -0.290. The Labute approximate surface area is 157 Å². The maximum Gasteiger partial charge on any atom is 0.340 e. The monoisotopic (exact) mass is 367 g/mol. The van der Waals surface area contributed by atoms with Gasteiger partial charge in [0, 0.05) is 18.2 Å². The molecule has 2 atom stereocenters. The number of carbonyl (C=O) groups is 1. The van der Waals surface area contributed by atoms with Crippen molar-refractivity contribution in [2.75, 3.05) is 13.7 Å². The smallest absolute Gasteiger partial charge is 0.340 e. The lowest BCUT2D eigenvalue weighted by Crippen LogP contribution is -3.09. The molecule has 1 N–H and O–H groups in total. The normalized spacial score (nSPS) is 19.8. The van der Waals surface area contributed by atoms with Gasteiger partial charge in [-0.05, 0) is 30.0 Å². The molecule has 1 fully saturated rings. The highest BCUT2D eigenvalue weighted by Gasteiger charge is 2.33. The van der Waals surface area contributed by atoms with E-state index >= 15 is 0 Å². The first-order chi connectivity index (χ1) is 12.7. The Bertz CT molecular complexity index is 937. The van der Waals surface area contributed by atoms with Gasteiger partial charge in [0.15, 0.2) is 0 Å². The molecule has 1 aliphatic heterocycles. The Kier molecular flexibility index (Phi) is 4.74. The number of rotatable bonds is 4. The summed E-state index contributed by atoms with van der Waals surface area (Å²) in [6.07, 6.45) is 2.40. The van der Waals surface area contributed by atoms with Crippen LogP contribution >= 0.6 is 11.3 Å². The van der Waals surface area contributed by atoms with Crippen molar-refractivity contribution >= 4 is 28.2 Å². The molecular formula is C21H23N2O2S+. The van der Waals surface area contributed by atoms with Crippen molar-refractivity contribution in [2.24, 2.45) is 0 Å². The Morgan fingerprint density at radius 1 is 1.31 bits per heavy atom. The van der Waals surface area contributed by atoms with Crippen LogP contribution in [0.4, 0.5) is 0 Å². The van der Waals surface area contributed by atoms with Gasteiger partial charge in [-0.2, -0.15) is 0 Å². The van der Waals surface area contributed by atoms with Gasteiger partial charge in [-0.25, -0.2) is 9.78 Å². The Balaban J connectivity index is 1.76.